The molecule has 7 rings (SSSR count). The Kier molecular flexibility index (Phi) is 9.75. The van der Waals surface area contributed by atoms with Crippen LogP contribution >= 0.6 is 0 Å². The summed E-state index contributed by atoms with van der Waals surface area (Å²) in [5.41, 5.74) is 12.2. The highest BCUT2D eigenvalue weighted by Crippen LogP contribution is 2.34. The molecule has 7 aromatic rings. The van der Waals surface area contributed by atoms with Crippen LogP contribution < -0.4 is 0 Å². The minimum atomic E-state index is 0.613. The molecule has 0 N–H and O–H groups in total. The van der Waals surface area contributed by atoms with Gasteiger partial charge in [0.1, 0.15) is 0 Å². The summed E-state index contributed by atoms with van der Waals surface area (Å²) >= 11 is 0. The van der Waals surface area contributed by atoms with Gasteiger partial charge in [0, 0.05) is 46.4 Å². The molecule has 0 amide bonds. The molecule has 0 atom stereocenters. The highest BCUT2D eigenvalue weighted by Gasteiger charge is 2.15. The van der Waals surface area contributed by atoms with E-state index >= 15 is 0 Å². The van der Waals surface area contributed by atoms with Crippen molar-refractivity contribution in [3.05, 3.63) is 174 Å². The van der Waals surface area contributed by atoms with Gasteiger partial charge in [0.25, 0.3) is 0 Å². The van der Waals surface area contributed by atoms with Gasteiger partial charge in [-0.2, -0.15) is 0 Å². The summed E-state index contributed by atoms with van der Waals surface area (Å²) in [5, 5.41) is 0. The van der Waals surface area contributed by atoms with Gasteiger partial charge in [-0.25, -0.2) is 24.9 Å². The van der Waals surface area contributed by atoms with E-state index in [4.69, 9.17) is 15.0 Å². The lowest BCUT2D eigenvalue weighted by Gasteiger charge is -2.13. The Morgan fingerprint density at radius 2 is 1.08 bits per heavy atom. The monoisotopic (exact) mass is 662 g/mol. The normalized spacial score (nSPS) is 11.6. The van der Waals surface area contributed by atoms with Crippen LogP contribution in [0.5, 0.6) is 0 Å². The highest BCUT2D eigenvalue weighted by atomic mass is 15.0. The summed E-state index contributed by atoms with van der Waals surface area (Å²) in [6.07, 6.45) is 8.65. The molecule has 0 radical (unpaired) electrons. The van der Waals surface area contributed by atoms with Crippen molar-refractivity contribution in [3.63, 3.8) is 0 Å². The first-order chi connectivity index (χ1) is 24.9. The Morgan fingerprint density at radius 3 is 1.71 bits per heavy atom. The van der Waals surface area contributed by atoms with Crippen molar-refractivity contribution in [2.75, 3.05) is 0 Å². The van der Waals surface area contributed by atoms with Crippen molar-refractivity contribution in [2.45, 2.75) is 34.1 Å². The van der Waals surface area contributed by atoms with Crippen LogP contribution in [0, 0.1) is 13.8 Å². The van der Waals surface area contributed by atoms with E-state index < -0.39 is 0 Å². The zero-order valence-corrected chi connectivity index (χ0v) is 29.2. The molecule has 0 spiro atoms. The summed E-state index contributed by atoms with van der Waals surface area (Å²) in [6, 6.07) is 41.8. The summed E-state index contributed by atoms with van der Waals surface area (Å²) < 4.78 is 0. The first kappa shape index (κ1) is 33.1. The van der Waals surface area contributed by atoms with Crippen LogP contribution in [-0.2, 0) is 6.42 Å². The van der Waals surface area contributed by atoms with Crippen LogP contribution in [0.4, 0.5) is 0 Å². The number of allylic oxidation sites excluding steroid dienone is 4. The van der Waals surface area contributed by atoms with Gasteiger partial charge >= 0.3 is 0 Å². The predicted molar refractivity (Wildman–Crippen MR) is 208 cm³/mol. The summed E-state index contributed by atoms with van der Waals surface area (Å²) in [4.78, 5) is 28.8. The molecular weight excluding hydrogens is 625 g/mol. The lowest BCUT2D eigenvalue weighted by molar-refractivity contribution is 1.03. The van der Waals surface area contributed by atoms with Crippen molar-refractivity contribution in [1.29, 1.82) is 0 Å². The molecule has 0 saturated heterocycles. The third-order valence-electron chi connectivity index (χ3n) is 8.61. The van der Waals surface area contributed by atoms with Crippen LogP contribution in [0.3, 0.4) is 0 Å². The number of aryl methyl sites for hydroxylation is 2. The van der Waals surface area contributed by atoms with E-state index in [0.717, 1.165) is 73.8 Å². The third-order valence-corrected chi connectivity index (χ3v) is 8.61. The van der Waals surface area contributed by atoms with Crippen LogP contribution in [0.1, 0.15) is 42.3 Å². The van der Waals surface area contributed by atoms with Crippen molar-refractivity contribution >= 4 is 5.57 Å². The average Bonchev–Trinajstić information content (AvgIpc) is 3.17. The number of aromatic nitrogens is 6. The van der Waals surface area contributed by atoms with Gasteiger partial charge < -0.3 is 0 Å². The number of benzene rings is 4. The zero-order valence-electron chi connectivity index (χ0n) is 29.2. The van der Waals surface area contributed by atoms with E-state index in [1.807, 2.05) is 101 Å². The first-order valence-corrected chi connectivity index (χ1v) is 17.1. The van der Waals surface area contributed by atoms with Crippen LogP contribution in [0.15, 0.2) is 146 Å². The molecule has 0 aliphatic carbocycles. The molecule has 0 fully saturated rings. The fourth-order valence-electron chi connectivity index (χ4n) is 6.00. The predicted octanol–water partition coefficient (Wildman–Crippen LogP) is 10.6. The van der Waals surface area contributed by atoms with Gasteiger partial charge in [0.05, 0.1) is 0 Å². The van der Waals surface area contributed by atoms with E-state index in [2.05, 4.69) is 87.7 Å². The van der Waals surface area contributed by atoms with E-state index in [9.17, 15) is 0 Å². The fraction of sp³-hybridized carbons (Fsp3) is 0.111. The summed E-state index contributed by atoms with van der Waals surface area (Å²) in [7, 11) is 0. The lowest BCUT2D eigenvalue weighted by Crippen LogP contribution is -2.02. The average molecular weight is 663 g/mol. The number of rotatable bonds is 9. The smallest absolute Gasteiger partial charge is 0.164 e. The number of hydrogen-bond acceptors (Lipinski definition) is 6. The fourth-order valence-corrected chi connectivity index (χ4v) is 6.00. The van der Waals surface area contributed by atoms with Gasteiger partial charge in [-0.1, -0.05) is 103 Å². The number of nitrogens with zero attached hydrogens (tertiary/aromatic N) is 6. The molecule has 6 heteroatoms. The molecular formula is C45H38N6. The second-order valence-electron chi connectivity index (χ2n) is 12.6. The molecule has 0 aliphatic rings. The number of hydrogen-bond donors (Lipinski definition) is 0. The van der Waals surface area contributed by atoms with Crippen molar-refractivity contribution in [2.24, 2.45) is 0 Å². The lowest BCUT2D eigenvalue weighted by atomic mass is 9.94. The van der Waals surface area contributed by atoms with E-state index in [0.29, 0.717) is 17.5 Å². The van der Waals surface area contributed by atoms with Crippen molar-refractivity contribution in [3.8, 4) is 56.4 Å². The van der Waals surface area contributed by atoms with Gasteiger partial charge in [-0.3, -0.25) is 4.98 Å². The van der Waals surface area contributed by atoms with Crippen LogP contribution in [-0.4, -0.2) is 29.9 Å². The van der Waals surface area contributed by atoms with E-state index in [1.54, 1.807) is 0 Å². The molecule has 6 nitrogen and oxygen atoms in total. The second kappa shape index (κ2) is 15.0. The molecule has 4 aromatic carbocycles. The molecule has 248 valence electrons. The first-order valence-electron chi connectivity index (χ1n) is 17.1. The zero-order chi connectivity index (χ0) is 35.2. The quantitative estimate of drug-likeness (QED) is 0.143. The van der Waals surface area contributed by atoms with Crippen LogP contribution in [0.25, 0.3) is 62.0 Å². The summed E-state index contributed by atoms with van der Waals surface area (Å²) in [6.45, 7) is 8.03. The van der Waals surface area contributed by atoms with Gasteiger partial charge in [0.2, 0.25) is 0 Å². The molecule has 3 aromatic heterocycles. The molecule has 3 heterocycles. The Balaban J connectivity index is 1.35. The molecule has 51 heavy (non-hydrogen) atoms. The maximum Gasteiger partial charge on any atom is 0.164 e. The SMILES string of the molecule is C/C=C\C=C(/C)c1nc(-c2ccccc2)nc(-c2cc(-c3ccc(Cc4ccccn4)cc3)cc(-c3ccc(-c4nc(C)cc(C)n4)cc3)c2)n1. The van der Waals surface area contributed by atoms with E-state index in [1.165, 1.54) is 5.56 Å². The topological polar surface area (TPSA) is 77.3 Å². The van der Waals surface area contributed by atoms with Gasteiger partial charge in [-0.05, 0) is 97.5 Å². The Hall–Kier alpha value is -6.40. The second-order valence-corrected chi connectivity index (χ2v) is 12.6. The maximum absolute atomic E-state index is 5.05. The largest absolute Gasteiger partial charge is 0.261 e. The minimum absolute atomic E-state index is 0.613. The molecule has 0 unspecified atom stereocenters. The highest BCUT2D eigenvalue weighted by molar-refractivity contribution is 5.81. The molecule has 0 saturated carbocycles. The Morgan fingerprint density at radius 1 is 0.529 bits per heavy atom. The van der Waals surface area contributed by atoms with Gasteiger partial charge in [0.15, 0.2) is 23.3 Å². The Bertz CT molecular complexity index is 2320. The van der Waals surface area contributed by atoms with Crippen molar-refractivity contribution in [1.82, 2.24) is 29.9 Å². The van der Waals surface area contributed by atoms with Gasteiger partial charge in [-0.15, -0.1) is 0 Å². The number of pyridine rings is 1. The Labute approximate surface area is 299 Å². The molecule has 0 bridgehead atoms. The minimum Gasteiger partial charge on any atom is -0.261 e. The van der Waals surface area contributed by atoms with E-state index in [-0.39, 0.29) is 0 Å². The maximum atomic E-state index is 5.05. The van der Waals surface area contributed by atoms with Crippen molar-refractivity contribution < 1.29 is 0 Å². The molecule has 0 aliphatic heterocycles. The summed E-state index contributed by atoms with van der Waals surface area (Å²) in [5.74, 6) is 2.61. The van der Waals surface area contributed by atoms with Crippen LogP contribution in [0.2, 0.25) is 0 Å². The third kappa shape index (κ3) is 7.92. The standard InChI is InChI=1S/C45H38N6/c1-5-6-12-30(2)42-49-44(36-13-8-7-9-14-36)51-45(50-42)40-28-38(34-18-16-33(17-19-34)26-41-15-10-11-24-46-41)27-39(29-40)35-20-22-37(23-21-35)43-47-31(3)25-32(4)48-43/h5-25,27-29H,26H2,1-4H3/b6-5-,30-12+.